The molecule has 6 aromatic carbocycles. The van der Waals surface area contributed by atoms with Gasteiger partial charge in [0.1, 0.15) is 0 Å². The van der Waals surface area contributed by atoms with Crippen molar-refractivity contribution < 1.29 is 22.4 Å². The number of benzene rings is 6. The quantitative estimate of drug-likeness (QED) is 0.135. The molecule has 0 bridgehead atoms. The number of fused-ring (bicyclic) bond motifs is 4. The van der Waals surface area contributed by atoms with E-state index < -0.39 is 28.3 Å². The minimum atomic E-state index is -1.51. The van der Waals surface area contributed by atoms with Gasteiger partial charge in [0.05, 0.1) is 0 Å². The number of rotatable bonds is 8. The molecule has 0 radical (unpaired) electrons. The van der Waals surface area contributed by atoms with Crippen LogP contribution in [-0.4, -0.2) is 5.92 Å². The summed E-state index contributed by atoms with van der Waals surface area (Å²) in [6, 6.07) is 51.6. The number of hydrogen-bond donors (Lipinski definition) is 0. The summed E-state index contributed by atoms with van der Waals surface area (Å²) in [6.45, 7) is 16.9. The fourth-order valence-corrected chi connectivity index (χ4v) is 22.9. The molecular weight excluding hydrogens is 732 g/mol. The Labute approximate surface area is 330 Å². The van der Waals surface area contributed by atoms with E-state index in [1.54, 1.807) is 35.9 Å². The monoisotopic (exact) mass is 782 g/mol. The van der Waals surface area contributed by atoms with Crippen molar-refractivity contribution >= 4 is 25.6 Å². The zero-order chi connectivity index (χ0) is 36.9. The third-order valence-electron chi connectivity index (χ3n) is 11.5. The van der Waals surface area contributed by atoms with E-state index in [9.17, 15) is 0 Å². The Kier molecular flexibility index (Phi) is 9.84. The van der Waals surface area contributed by atoms with Crippen molar-refractivity contribution in [2.24, 2.45) is 0 Å². The summed E-state index contributed by atoms with van der Waals surface area (Å²) in [5.74, 6) is -1.24. The van der Waals surface area contributed by atoms with Crippen LogP contribution in [0, 0.1) is 0 Å². The molecule has 2 aliphatic carbocycles. The van der Waals surface area contributed by atoms with Crippen LogP contribution in [0.4, 0.5) is 0 Å². The molecule has 0 aromatic heterocycles. The van der Waals surface area contributed by atoms with Crippen LogP contribution >= 0.6 is 0 Å². The van der Waals surface area contributed by atoms with Gasteiger partial charge >= 0.3 is 333 Å². The molecule has 264 valence electrons. The van der Waals surface area contributed by atoms with Gasteiger partial charge in [0, 0.05) is 0 Å². The molecule has 0 heterocycles. The first kappa shape index (κ1) is 36.2. The SMILES string of the molecule is CCCC1=Cc2c(-c3ccccc3)cccc2C1c1c2c(cc(C(C)(C)C)[c]1[Zr][SiH](c1ccccc1)c1ccccc1)-c1cc(C(C)(C)C)ccc1C2. The van der Waals surface area contributed by atoms with Gasteiger partial charge in [0.15, 0.2) is 0 Å². The average molecular weight is 784 g/mol. The van der Waals surface area contributed by atoms with E-state index in [1.165, 1.54) is 44.5 Å². The molecule has 0 fully saturated rings. The van der Waals surface area contributed by atoms with Crippen molar-refractivity contribution in [2.75, 3.05) is 0 Å². The third-order valence-corrected chi connectivity index (χ3v) is 24.7. The van der Waals surface area contributed by atoms with Crippen LogP contribution in [0.25, 0.3) is 28.3 Å². The molecule has 0 nitrogen and oxygen atoms in total. The van der Waals surface area contributed by atoms with Gasteiger partial charge in [0.25, 0.3) is 0 Å². The summed E-state index contributed by atoms with van der Waals surface area (Å²) in [5, 5.41) is 3.19. The Morgan fingerprint density at radius 1 is 0.642 bits per heavy atom. The standard InChI is InChI=1S/C39H41.C12H11Si.Zr/c1-8-13-27-21-33-30(25-14-10-9-11-15-25)16-12-17-31(33)37(27)36-24-29(39(5,6)7)23-35-32-22-28(38(2,3)4)19-18-26(32)20-34(35)36;1-3-7-11(8-4-1)13-12-9-5-2-6-10-12;/h9-12,14-19,21-23,37H,8,13,20H2,1-7H3;1-10,13H;. The first-order valence-corrected chi connectivity index (χ1v) is 26.8. The Bertz CT molecular complexity index is 2260. The van der Waals surface area contributed by atoms with Gasteiger partial charge in [0.2, 0.25) is 0 Å². The van der Waals surface area contributed by atoms with Crippen molar-refractivity contribution in [2.45, 2.75) is 84.5 Å². The molecule has 1 atom stereocenters. The van der Waals surface area contributed by atoms with Crippen LogP contribution < -0.4 is 13.6 Å². The summed E-state index contributed by atoms with van der Waals surface area (Å²) >= 11 is -1.21. The fourth-order valence-electron chi connectivity index (χ4n) is 8.85. The Morgan fingerprint density at radius 2 is 1.28 bits per heavy atom. The summed E-state index contributed by atoms with van der Waals surface area (Å²) in [4.78, 5) is 0. The number of allylic oxidation sites excluding steroid dienone is 1. The van der Waals surface area contributed by atoms with E-state index in [1.807, 2.05) is 0 Å². The van der Waals surface area contributed by atoms with Crippen molar-refractivity contribution in [3.63, 3.8) is 0 Å². The van der Waals surface area contributed by atoms with E-state index in [2.05, 4.69) is 188 Å². The molecule has 0 N–H and O–H groups in total. The van der Waals surface area contributed by atoms with Gasteiger partial charge in [-0.1, -0.05) is 0 Å². The normalized spacial score (nSPS) is 14.9. The summed E-state index contributed by atoms with van der Waals surface area (Å²) < 4.78 is 1.78. The predicted molar refractivity (Wildman–Crippen MR) is 228 cm³/mol. The molecule has 2 aliphatic rings. The first-order valence-electron chi connectivity index (χ1n) is 19.6. The third kappa shape index (κ3) is 6.88. The molecular formula is C51H52SiZr. The molecule has 53 heavy (non-hydrogen) atoms. The van der Waals surface area contributed by atoms with Gasteiger partial charge < -0.3 is 0 Å². The van der Waals surface area contributed by atoms with Gasteiger partial charge in [-0.05, 0) is 0 Å². The van der Waals surface area contributed by atoms with E-state index in [0.29, 0.717) is 0 Å². The van der Waals surface area contributed by atoms with Crippen LogP contribution in [0.15, 0.2) is 139 Å². The Balaban J connectivity index is 1.44. The second-order valence-electron chi connectivity index (χ2n) is 17.3. The maximum atomic E-state index is 2.69. The second-order valence-corrected chi connectivity index (χ2v) is 27.4. The van der Waals surface area contributed by atoms with Crippen LogP contribution in [0.1, 0.15) is 106 Å². The topological polar surface area (TPSA) is 0 Å². The summed E-state index contributed by atoms with van der Waals surface area (Å²) in [5.41, 5.74) is 18.1. The van der Waals surface area contributed by atoms with E-state index in [-0.39, 0.29) is 16.7 Å². The molecule has 0 spiro atoms. The molecule has 8 rings (SSSR count). The van der Waals surface area contributed by atoms with Gasteiger partial charge in [-0.2, -0.15) is 0 Å². The zero-order valence-electron chi connectivity index (χ0n) is 32.6. The van der Waals surface area contributed by atoms with E-state index >= 15 is 0 Å². The summed E-state index contributed by atoms with van der Waals surface area (Å²) in [7, 11) is 0. The molecule has 0 saturated carbocycles. The van der Waals surface area contributed by atoms with Gasteiger partial charge in [-0.15, -0.1) is 0 Å². The van der Waals surface area contributed by atoms with Crippen LogP contribution in [0.5, 0.6) is 0 Å². The Hall–Kier alpha value is -3.84. The molecule has 0 aliphatic heterocycles. The van der Waals surface area contributed by atoms with Gasteiger partial charge in [-0.25, -0.2) is 0 Å². The van der Waals surface area contributed by atoms with E-state index in [0.717, 1.165) is 19.3 Å². The van der Waals surface area contributed by atoms with Crippen LogP contribution in [0.2, 0.25) is 0 Å². The number of hydrogen-bond acceptors (Lipinski definition) is 0. The second kappa shape index (κ2) is 14.4. The molecule has 2 heteroatoms. The fraction of sp³-hybridized carbons (Fsp3) is 0.255. The van der Waals surface area contributed by atoms with Crippen LogP contribution in [-0.2, 0) is 39.6 Å². The zero-order valence-corrected chi connectivity index (χ0v) is 36.2. The van der Waals surface area contributed by atoms with E-state index in [4.69, 9.17) is 0 Å². The average Bonchev–Trinajstić information content (AvgIpc) is 3.71. The first-order chi connectivity index (χ1) is 25.5. The van der Waals surface area contributed by atoms with Crippen molar-refractivity contribution in [3.05, 3.63) is 178 Å². The predicted octanol–water partition coefficient (Wildman–Crippen LogP) is 11.1. The minimum absolute atomic E-state index is 0.0125. The van der Waals surface area contributed by atoms with Crippen molar-refractivity contribution in [3.8, 4) is 22.3 Å². The van der Waals surface area contributed by atoms with Crippen molar-refractivity contribution in [1.29, 1.82) is 0 Å². The Morgan fingerprint density at radius 3 is 1.89 bits per heavy atom. The molecule has 0 amide bonds. The molecule has 0 saturated heterocycles. The van der Waals surface area contributed by atoms with Crippen LogP contribution in [0.3, 0.4) is 0 Å². The van der Waals surface area contributed by atoms with Crippen molar-refractivity contribution in [1.82, 2.24) is 0 Å². The summed E-state index contributed by atoms with van der Waals surface area (Å²) in [6.07, 6.45) is 5.90. The molecule has 1 unspecified atom stereocenters. The molecule has 6 aromatic rings. The maximum absolute atomic E-state index is 2.69. The van der Waals surface area contributed by atoms with Gasteiger partial charge in [-0.3, -0.25) is 0 Å².